The molecular weight excluding hydrogens is 219 g/mol. The van der Waals surface area contributed by atoms with Crippen LogP contribution in [0.1, 0.15) is 18.4 Å². The van der Waals surface area contributed by atoms with Gasteiger partial charge in [-0.3, -0.25) is 9.69 Å². The summed E-state index contributed by atoms with van der Waals surface area (Å²) in [5.41, 5.74) is 6.32. The number of likely N-dealkylation sites (tertiary alicyclic amines) is 1. The zero-order valence-electron chi connectivity index (χ0n) is 9.73. The first kappa shape index (κ1) is 12.0. The van der Waals surface area contributed by atoms with E-state index in [2.05, 4.69) is 4.90 Å². The number of amides is 1. The van der Waals surface area contributed by atoms with Gasteiger partial charge < -0.3 is 5.73 Å². The first-order valence-corrected chi connectivity index (χ1v) is 5.92. The van der Waals surface area contributed by atoms with E-state index < -0.39 is 0 Å². The van der Waals surface area contributed by atoms with Crippen molar-refractivity contribution in [1.82, 2.24) is 4.90 Å². The summed E-state index contributed by atoms with van der Waals surface area (Å²) >= 11 is 0. The minimum atomic E-state index is -0.281. The number of halogens is 1. The van der Waals surface area contributed by atoms with Crippen molar-refractivity contribution in [2.75, 3.05) is 13.1 Å². The molecule has 0 radical (unpaired) electrons. The highest BCUT2D eigenvalue weighted by Gasteiger charge is 2.25. The Morgan fingerprint density at radius 3 is 2.76 bits per heavy atom. The SMILES string of the molecule is NC(=O)CN1CCC[C@@H]1Cc1ccc(F)cc1. The molecule has 0 spiro atoms. The monoisotopic (exact) mass is 236 g/mol. The normalized spacial score (nSPS) is 20.6. The molecule has 0 saturated carbocycles. The Morgan fingerprint density at radius 1 is 1.41 bits per heavy atom. The van der Waals surface area contributed by atoms with Crippen LogP contribution in [0.5, 0.6) is 0 Å². The van der Waals surface area contributed by atoms with Gasteiger partial charge >= 0.3 is 0 Å². The zero-order chi connectivity index (χ0) is 12.3. The van der Waals surface area contributed by atoms with Gasteiger partial charge in [0.1, 0.15) is 5.82 Å². The Bertz CT molecular complexity index is 391. The third-order valence-electron chi connectivity index (χ3n) is 3.24. The third-order valence-corrected chi connectivity index (χ3v) is 3.24. The van der Waals surface area contributed by atoms with Gasteiger partial charge in [0.2, 0.25) is 5.91 Å². The second-order valence-corrected chi connectivity index (χ2v) is 4.56. The molecule has 0 bridgehead atoms. The smallest absolute Gasteiger partial charge is 0.231 e. The third kappa shape index (κ3) is 3.27. The molecule has 1 atom stereocenters. The van der Waals surface area contributed by atoms with Crippen LogP contribution in [0.15, 0.2) is 24.3 Å². The van der Waals surface area contributed by atoms with Crippen LogP contribution in [0.2, 0.25) is 0 Å². The van der Waals surface area contributed by atoms with Gasteiger partial charge in [-0.05, 0) is 43.5 Å². The largest absolute Gasteiger partial charge is 0.369 e. The second kappa shape index (κ2) is 5.27. The molecule has 1 amide bonds. The standard InChI is InChI=1S/C13H17FN2O/c14-11-5-3-10(4-6-11)8-12-2-1-7-16(12)9-13(15)17/h3-6,12H,1-2,7-9H2,(H2,15,17)/t12-/m1/s1. The number of benzene rings is 1. The van der Waals surface area contributed by atoms with E-state index in [0.29, 0.717) is 12.6 Å². The molecule has 4 heteroatoms. The van der Waals surface area contributed by atoms with Crippen LogP contribution in [0, 0.1) is 5.82 Å². The summed E-state index contributed by atoms with van der Waals surface area (Å²) < 4.78 is 12.8. The number of nitrogens with two attached hydrogens (primary N) is 1. The summed E-state index contributed by atoms with van der Waals surface area (Å²) in [4.78, 5) is 13.0. The van der Waals surface area contributed by atoms with Gasteiger partial charge in [0.15, 0.2) is 0 Å². The van der Waals surface area contributed by atoms with Gasteiger partial charge in [0, 0.05) is 6.04 Å². The van der Waals surface area contributed by atoms with Crippen molar-refractivity contribution in [3.05, 3.63) is 35.6 Å². The maximum Gasteiger partial charge on any atom is 0.231 e. The molecule has 1 aromatic rings. The summed E-state index contributed by atoms with van der Waals surface area (Å²) in [6, 6.07) is 6.91. The highest BCUT2D eigenvalue weighted by Crippen LogP contribution is 2.20. The van der Waals surface area contributed by atoms with Crippen molar-refractivity contribution >= 4 is 5.91 Å². The molecule has 1 heterocycles. The average molecular weight is 236 g/mol. The number of nitrogens with zero attached hydrogens (tertiary/aromatic N) is 1. The molecule has 2 rings (SSSR count). The van der Waals surface area contributed by atoms with E-state index in [4.69, 9.17) is 5.73 Å². The van der Waals surface area contributed by atoms with Crippen molar-refractivity contribution in [2.45, 2.75) is 25.3 Å². The first-order chi connectivity index (χ1) is 8.15. The predicted octanol–water partition coefficient (Wildman–Crippen LogP) is 1.32. The minimum Gasteiger partial charge on any atom is -0.369 e. The van der Waals surface area contributed by atoms with Gasteiger partial charge in [0.25, 0.3) is 0 Å². The summed E-state index contributed by atoms with van der Waals surface area (Å²) in [6.07, 6.45) is 3.03. The summed E-state index contributed by atoms with van der Waals surface area (Å²) in [7, 11) is 0. The van der Waals surface area contributed by atoms with Crippen molar-refractivity contribution in [1.29, 1.82) is 0 Å². The van der Waals surface area contributed by atoms with Crippen LogP contribution in [-0.2, 0) is 11.2 Å². The number of carbonyl (C=O) groups excluding carboxylic acids is 1. The molecule has 17 heavy (non-hydrogen) atoms. The van der Waals surface area contributed by atoms with Crippen molar-refractivity contribution in [3.8, 4) is 0 Å². The van der Waals surface area contributed by atoms with Crippen LogP contribution >= 0.6 is 0 Å². The van der Waals surface area contributed by atoms with Gasteiger partial charge in [-0.15, -0.1) is 0 Å². The summed E-state index contributed by atoms with van der Waals surface area (Å²) in [5, 5.41) is 0. The number of hydrogen-bond donors (Lipinski definition) is 1. The van der Waals surface area contributed by atoms with E-state index in [1.807, 2.05) is 0 Å². The Balaban J connectivity index is 1.97. The fourth-order valence-electron chi connectivity index (χ4n) is 2.43. The Morgan fingerprint density at radius 2 is 2.12 bits per heavy atom. The van der Waals surface area contributed by atoms with E-state index in [-0.39, 0.29) is 11.7 Å². The highest BCUT2D eigenvalue weighted by atomic mass is 19.1. The van der Waals surface area contributed by atoms with E-state index in [9.17, 15) is 9.18 Å². The molecule has 1 aliphatic heterocycles. The molecular formula is C13H17FN2O. The molecule has 0 aliphatic carbocycles. The Labute approximate surface area is 100 Å². The molecule has 3 nitrogen and oxygen atoms in total. The number of hydrogen-bond acceptors (Lipinski definition) is 2. The lowest BCUT2D eigenvalue weighted by Gasteiger charge is -2.22. The van der Waals surface area contributed by atoms with Crippen molar-refractivity contribution < 1.29 is 9.18 Å². The fourth-order valence-corrected chi connectivity index (χ4v) is 2.43. The fraction of sp³-hybridized carbons (Fsp3) is 0.462. The first-order valence-electron chi connectivity index (χ1n) is 5.92. The number of rotatable bonds is 4. The lowest BCUT2D eigenvalue weighted by Crippen LogP contribution is -2.38. The molecule has 1 fully saturated rings. The van der Waals surface area contributed by atoms with E-state index in [1.165, 1.54) is 12.1 Å². The van der Waals surface area contributed by atoms with E-state index >= 15 is 0 Å². The topological polar surface area (TPSA) is 46.3 Å². The molecule has 0 aromatic heterocycles. The summed E-state index contributed by atoms with van der Waals surface area (Å²) in [5.74, 6) is -0.495. The minimum absolute atomic E-state index is 0.214. The Hall–Kier alpha value is -1.42. The van der Waals surface area contributed by atoms with Gasteiger partial charge in [-0.1, -0.05) is 12.1 Å². The molecule has 92 valence electrons. The second-order valence-electron chi connectivity index (χ2n) is 4.56. The molecule has 1 aromatic carbocycles. The van der Waals surface area contributed by atoms with Gasteiger partial charge in [0.05, 0.1) is 6.54 Å². The molecule has 1 saturated heterocycles. The zero-order valence-corrected chi connectivity index (χ0v) is 9.73. The van der Waals surface area contributed by atoms with Crippen LogP contribution in [0.4, 0.5) is 4.39 Å². The van der Waals surface area contributed by atoms with Gasteiger partial charge in [-0.25, -0.2) is 4.39 Å². The maximum atomic E-state index is 12.8. The number of primary amides is 1. The van der Waals surface area contributed by atoms with Crippen LogP contribution in [-0.4, -0.2) is 29.9 Å². The average Bonchev–Trinajstić information content (AvgIpc) is 2.68. The number of carbonyl (C=O) groups is 1. The van der Waals surface area contributed by atoms with Gasteiger partial charge in [-0.2, -0.15) is 0 Å². The van der Waals surface area contributed by atoms with Crippen LogP contribution < -0.4 is 5.73 Å². The van der Waals surface area contributed by atoms with Crippen molar-refractivity contribution in [2.24, 2.45) is 5.73 Å². The molecule has 0 unspecified atom stereocenters. The van der Waals surface area contributed by atoms with Crippen LogP contribution in [0.25, 0.3) is 0 Å². The van der Waals surface area contributed by atoms with Crippen molar-refractivity contribution in [3.63, 3.8) is 0 Å². The highest BCUT2D eigenvalue weighted by molar-refractivity contribution is 5.76. The quantitative estimate of drug-likeness (QED) is 0.857. The molecule has 2 N–H and O–H groups in total. The Kier molecular flexibility index (Phi) is 3.74. The maximum absolute atomic E-state index is 12.8. The molecule has 1 aliphatic rings. The lowest BCUT2D eigenvalue weighted by atomic mass is 10.0. The van der Waals surface area contributed by atoms with Crippen LogP contribution in [0.3, 0.4) is 0 Å². The lowest BCUT2D eigenvalue weighted by molar-refractivity contribution is -0.119. The summed E-state index contributed by atoms with van der Waals surface area (Å²) in [6.45, 7) is 1.25. The van der Waals surface area contributed by atoms with E-state index in [0.717, 1.165) is 31.4 Å². The van der Waals surface area contributed by atoms with E-state index in [1.54, 1.807) is 12.1 Å². The predicted molar refractivity (Wildman–Crippen MR) is 63.9 cm³/mol.